The predicted octanol–water partition coefficient (Wildman–Crippen LogP) is 18.6. The quantitative estimate of drug-likeness (QED) is 0.0321. The van der Waals surface area contributed by atoms with E-state index in [0.717, 1.165) is 83.5 Å². The number of aliphatic hydroxyl groups is 2. The summed E-state index contributed by atoms with van der Waals surface area (Å²) in [6.45, 7) is 4.82. The summed E-state index contributed by atoms with van der Waals surface area (Å²) in [5.41, 5.74) is 0. The van der Waals surface area contributed by atoms with E-state index in [9.17, 15) is 19.8 Å². The Morgan fingerprint density at radius 2 is 0.750 bits per heavy atom. The SMILES string of the molecule is CCCC/C=C\C/C=C\CCCCCCCC(=O)OCCCCCCCC/C=C\CCCCCC(=O)NC(CO)C(O)/C=C/CCCCCCCCCCCCCCCCCCCCCCCC. The fourth-order valence-electron chi connectivity index (χ4n) is 8.94. The van der Waals surface area contributed by atoms with E-state index in [0.29, 0.717) is 19.4 Å². The molecule has 68 heavy (non-hydrogen) atoms. The van der Waals surface area contributed by atoms with E-state index in [1.165, 1.54) is 199 Å². The molecule has 0 aromatic carbocycles. The Morgan fingerprint density at radius 1 is 0.412 bits per heavy atom. The van der Waals surface area contributed by atoms with Gasteiger partial charge in [0.05, 0.1) is 25.4 Å². The van der Waals surface area contributed by atoms with Gasteiger partial charge >= 0.3 is 5.97 Å². The molecular weight excluding hydrogens is 839 g/mol. The minimum Gasteiger partial charge on any atom is -0.466 e. The summed E-state index contributed by atoms with van der Waals surface area (Å²) >= 11 is 0. The minimum absolute atomic E-state index is 0.0287. The number of allylic oxidation sites excluding steroid dienone is 7. The summed E-state index contributed by atoms with van der Waals surface area (Å²) < 4.78 is 5.45. The van der Waals surface area contributed by atoms with Crippen LogP contribution < -0.4 is 5.32 Å². The zero-order valence-electron chi connectivity index (χ0n) is 45.3. The third kappa shape index (κ3) is 53.2. The molecule has 6 nitrogen and oxygen atoms in total. The van der Waals surface area contributed by atoms with E-state index in [-0.39, 0.29) is 18.5 Å². The Bertz CT molecular complexity index is 1150. The Labute approximate surface area is 423 Å². The first kappa shape index (κ1) is 65.8. The zero-order valence-corrected chi connectivity index (χ0v) is 45.3. The van der Waals surface area contributed by atoms with Crippen molar-refractivity contribution >= 4 is 11.9 Å². The molecule has 0 aliphatic rings. The van der Waals surface area contributed by atoms with Crippen molar-refractivity contribution in [2.45, 2.75) is 321 Å². The minimum atomic E-state index is -0.864. The maximum Gasteiger partial charge on any atom is 0.305 e. The first-order chi connectivity index (χ1) is 33.5. The van der Waals surface area contributed by atoms with E-state index in [4.69, 9.17) is 4.74 Å². The van der Waals surface area contributed by atoms with Crippen LogP contribution >= 0.6 is 0 Å². The van der Waals surface area contributed by atoms with Crippen molar-refractivity contribution in [3.05, 3.63) is 48.6 Å². The molecule has 0 fully saturated rings. The van der Waals surface area contributed by atoms with Gasteiger partial charge in [0.25, 0.3) is 0 Å². The third-order valence-corrected chi connectivity index (χ3v) is 13.6. The molecule has 0 aliphatic heterocycles. The average Bonchev–Trinajstić information content (AvgIpc) is 3.34. The number of esters is 1. The van der Waals surface area contributed by atoms with Gasteiger partial charge in [-0.05, 0) is 83.5 Å². The van der Waals surface area contributed by atoms with Crippen molar-refractivity contribution in [3.63, 3.8) is 0 Å². The summed E-state index contributed by atoms with van der Waals surface area (Å²) in [7, 11) is 0. The number of nitrogens with one attached hydrogen (secondary N) is 1. The van der Waals surface area contributed by atoms with E-state index >= 15 is 0 Å². The molecule has 0 aliphatic carbocycles. The molecule has 0 radical (unpaired) electrons. The van der Waals surface area contributed by atoms with Crippen molar-refractivity contribution in [1.82, 2.24) is 5.32 Å². The molecule has 0 heterocycles. The summed E-state index contributed by atoms with van der Waals surface area (Å²) in [5, 5.41) is 23.2. The molecule has 0 aromatic rings. The largest absolute Gasteiger partial charge is 0.466 e. The second-order valence-corrected chi connectivity index (χ2v) is 20.3. The van der Waals surface area contributed by atoms with Crippen molar-refractivity contribution in [2.75, 3.05) is 13.2 Å². The molecule has 3 N–H and O–H groups in total. The Hall–Kier alpha value is -2.18. The molecule has 0 saturated carbocycles. The number of hydrogen-bond donors (Lipinski definition) is 3. The van der Waals surface area contributed by atoms with E-state index in [1.807, 2.05) is 6.08 Å². The maximum atomic E-state index is 12.5. The normalized spacial score (nSPS) is 12.9. The van der Waals surface area contributed by atoms with Gasteiger partial charge in [0.2, 0.25) is 5.91 Å². The highest BCUT2D eigenvalue weighted by Crippen LogP contribution is 2.17. The van der Waals surface area contributed by atoms with E-state index < -0.39 is 12.1 Å². The van der Waals surface area contributed by atoms with Crippen LogP contribution in [0.25, 0.3) is 0 Å². The number of ether oxygens (including phenoxy) is 1. The monoisotopic (exact) mass is 954 g/mol. The maximum absolute atomic E-state index is 12.5. The molecule has 0 rings (SSSR count). The van der Waals surface area contributed by atoms with Crippen molar-refractivity contribution in [3.8, 4) is 0 Å². The van der Waals surface area contributed by atoms with Gasteiger partial charge < -0.3 is 20.3 Å². The van der Waals surface area contributed by atoms with Crippen LogP contribution in [0.3, 0.4) is 0 Å². The van der Waals surface area contributed by atoms with Crippen LogP contribution in [0.15, 0.2) is 48.6 Å². The van der Waals surface area contributed by atoms with Crippen molar-refractivity contribution < 1.29 is 24.5 Å². The van der Waals surface area contributed by atoms with Crippen LogP contribution in [0.2, 0.25) is 0 Å². The highest BCUT2D eigenvalue weighted by molar-refractivity contribution is 5.76. The fraction of sp³-hybridized carbons (Fsp3) is 0.839. The van der Waals surface area contributed by atoms with Gasteiger partial charge in [0, 0.05) is 12.8 Å². The van der Waals surface area contributed by atoms with Gasteiger partial charge in [-0.3, -0.25) is 9.59 Å². The van der Waals surface area contributed by atoms with Gasteiger partial charge in [-0.15, -0.1) is 0 Å². The molecule has 1 amide bonds. The number of amides is 1. The Kier molecular flexibility index (Phi) is 55.6. The number of carbonyl (C=O) groups is 2. The first-order valence-electron chi connectivity index (χ1n) is 29.9. The van der Waals surface area contributed by atoms with Gasteiger partial charge in [0.15, 0.2) is 0 Å². The molecule has 398 valence electrons. The predicted molar refractivity (Wildman–Crippen MR) is 296 cm³/mol. The molecular formula is C62H115NO5. The summed E-state index contributed by atoms with van der Waals surface area (Å²) in [6, 6.07) is -0.651. The lowest BCUT2D eigenvalue weighted by atomic mass is 10.0. The third-order valence-electron chi connectivity index (χ3n) is 13.6. The van der Waals surface area contributed by atoms with Crippen LogP contribution in [0.4, 0.5) is 0 Å². The van der Waals surface area contributed by atoms with Gasteiger partial charge in [0.1, 0.15) is 0 Å². The first-order valence-corrected chi connectivity index (χ1v) is 29.9. The lowest BCUT2D eigenvalue weighted by Gasteiger charge is -2.19. The van der Waals surface area contributed by atoms with Gasteiger partial charge in [-0.25, -0.2) is 0 Å². The molecule has 6 heteroatoms. The van der Waals surface area contributed by atoms with Crippen molar-refractivity contribution in [1.29, 1.82) is 0 Å². The number of carbonyl (C=O) groups excluding carboxylic acids is 2. The van der Waals surface area contributed by atoms with Crippen LogP contribution in [0.1, 0.15) is 309 Å². The second-order valence-electron chi connectivity index (χ2n) is 20.3. The lowest BCUT2D eigenvalue weighted by molar-refractivity contribution is -0.143. The molecule has 0 spiro atoms. The highest BCUT2D eigenvalue weighted by Gasteiger charge is 2.18. The van der Waals surface area contributed by atoms with Crippen LogP contribution in [0, 0.1) is 0 Å². The second kappa shape index (κ2) is 57.4. The molecule has 0 saturated heterocycles. The lowest BCUT2D eigenvalue weighted by Crippen LogP contribution is -2.45. The van der Waals surface area contributed by atoms with Crippen LogP contribution in [0.5, 0.6) is 0 Å². The van der Waals surface area contributed by atoms with E-state index in [1.54, 1.807) is 6.08 Å². The number of hydrogen-bond acceptors (Lipinski definition) is 5. The fourth-order valence-corrected chi connectivity index (χ4v) is 8.94. The Balaban J connectivity index is 3.53. The molecule has 2 unspecified atom stereocenters. The summed E-state index contributed by atoms with van der Waals surface area (Å²) in [6.07, 6.45) is 72.8. The highest BCUT2D eigenvalue weighted by atomic mass is 16.5. The smallest absolute Gasteiger partial charge is 0.305 e. The Morgan fingerprint density at radius 3 is 1.19 bits per heavy atom. The molecule has 0 bridgehead atoms. The number of unbranched alkanes of at least 4 members (excludes halogenated alkanes) is 38. The molecule has 2 atom stereocenters. The number of rotatable bonds is 55. The van der Waals surface area contributed by atoms with Gasteiger partial charge in [-0.1, -0.05) is 262 Å². The average molecular weight is 955 g/mol. The number of aliphatic hydroxyl groups excluding tert-OH is 2. The summed E-state index contributed by atoms with van der Waals surface area (Å²) in [5.74, 6) is -0.126. The summed E-state index contributed by atoms with van der Waals surface area (Å²) in [4.78, 5) is 24.5. The molecule has 0 aromatic heterocycles. The van der Waals surface area contributed by atoms with E-state index in [2.05, 4.69) is 55.6 Å². The van der Waals surface area contributed by atoms with Crippen LogP contribution in [-0.2, 0) is 14.3 Å². The zero-order chi connectivity index (χ0) is 49.3. The van der Waals surface area contributed by atoms with Crippen molar-refractivity contribution in [2.24, 2.45) is 0 Å². The standard InChI is InChI=1S/C62H115NO5/c1-3-5-7-9-11-13-15-17-19-20-21-22-23-24-25-26-27-28-30-34-38-42-46-50-54-60(65)59(58-64)63-61(66)55-51-47-43-39-35-31-29-33-37-41-45-49-53-57-68-62(67)56-52-48-44-40-36-32-18-16-14-12-10-8-6-4-2/h10,12,16,18,31,35,50,54,59-60,64-65H,3-9,11,13-15,17,19-30,32-34,36-49,51-53,55-58H2,1-2H3,(H,63,66)/b12-10-,18-16-,35-31-,54-50+. The topological polar surface area (TPSA) is 95.9 Å². The van der Waals surface area contributed by atoms with Crippen LogP contribution in [-0.4, -0.2) is 47.4 Å². The van der Waals surface area contributed by atoms with Gasteiger partial charge in [-0.2, -0.15) is 0 Å².